The fourth-order valence-corrected chi connectivity index (χ4v) is 2.47. The summed E-state index contributed by atoms with van der Waals surface area (Å²) in [6.07, 6.45) is 3.60. The van der Waals surface area contributed by atoms with E-state index in [9.17, 15) is 4.39 Å². The number of halogens is 1. The average Bonchev–Trinajstić information content (AvgIpc) is 2.00. The molecule has 0 aromatic carbocycles. The van der Waals surface area contributed by atoms with Crippen LogP contribution in [0.1, 0.15) is 39.5 Å². The summed E-state index contributed by atoms with van der Waals surface area (Å²) in [6.45, 7) is 4.12. The molecule has 0 aromatic rings. The van der Waals surface area contributed by atoms with Crippen molar-refractivity contribution in [1.29, 1.82) is 0 Å². The van der Waals surface area contributed by atoms with Crippen molar-refractivity contribution in [1.82, 2.24) is 0 Å². The number of hydrogen-bond acceptors (Lipinski definition) is 0. The van der Waals surface area contributed by atoms with E-state index in [2.05, 4.69) is 12.7 Å². The molecule has 0 amide bonds. The maximum absolute atomic E-state index is 13.2. The summed E-state index contributed by atoms with van der Waals surface area (Å²) in [7, 11) is 0. The van der Waals surface area contributed by atoms with E-state index in [1.54, 1.807) is 0 Å². The van der Waals surface area contributed by atoms with E-state index >= 15 is 0 Å². The van der Waals surface area contributed by atoms with E-state index in [1.165, 1.54) is 0 Å². The molecule has 0 atom stereocenters. The van der Waals surface area contributed by atoms with Crippen LogP contribution < -0.4 is 0 Å². The molecule has 0 bridgehead atoms. The molecule has 0 fully saturated rings. The van der Waals surface area contributed by atoms with Crippen LogP contribution in [0.25, 0.3) is 0 Å². The Morgan fingerprint density at radius 2 is 1.73 bits per heavy atom. The second-order valence-corrected chi connectivity index (χ2v) is 4.42. The molecule has 0 radical (unpaired) electrons. The molecule has 0 aliphatic heterocycles. The van der Waals surface area contributed by atoms with Crippen LogP contribution in [0.3, 0.4) is 0 Å². The monoisotopic (exact) mass is 224 g/mol. The third-order valence-electron chi connectivity index (χ3n) is 1.50. The van der Waals surface area contributed by atoms with Crippen molar-refractivity contribution in [2.75, 3.05) is 0 Å². The summed E-state index contributed by atoms with van der Waals surface area (Å²) in [5.74, 6) is 2.25. The van der Waals surface area contributed by atoms with Crippen molar-refractivity contribution in [3.05, 3.63) is 10.3 Å². The molecule has 0 saturated carbocycles. The predicted octanol–water partition coefficient (Wildman–Crippen LogP) is 3.52. The SMILES string of the molecule is CCC/C(F)=C(/CCC)[Se]C. The molecule has 0 nitrogen and oxygen atoms in total. The normalized spacial score (nSPS) is 13.1. The maximum atomic E-state index is 13.2. The standard InChI is InChI=1S/C9H17FSe/c1-4-6-8(10)9(11-3)7-5-2/h4-7H2,1-3H3/b9-8+. The minimum absolute atomic E-state index is 0.164. The van der Waals surface area contributed by atoms with E-state index in [4.69, 9.17) is 0 Å². The molecule has 0 spiro atoms. The molecule has 0 saturated heterocycles. The van der Waals surface area contributed by atoms with Crippen LogP contribution in [0.15, 0.2) is 10.3 Å². The van der Waals surface area contributed by atoms with E-state index in [1.807, 2.05) is 6.92 Å². The molecule has 66 valence electrons. The Labute approximate surface area is 75.4 Å². The topological polar surface area (TPSA) is 0 Å². The molecule has 0 aliphatic carbocycles. The molecule has 0 aliphatic rings. The number of rotatable bonds is 5. The van der Waals surface area contributed by atoms with Crippen molar-refractivity contribution >= 4 is 15.0 Å². The van der Waals surface area contributed by atoms with Gasteiger partial charge in [0, 0.05) is 0 Å². The second-order valence-electron chi connectivity index (χ2n) is 2.53. The Balaban J connectivity index is 4.02. The molecule has 0 unspecified atom stereocenters. The fraction of sp³-hybridized carbons (Fsp3) is 0.778. The van der Waals surface area contributed by atoms with E-state index in [-0.39, 0.29) is 5.83 Å². The summed E-state index contributed by atoms with van der Waals surface area (Å²) >= 11 is 0.370. The van der Waals surface area contributed by atoms with Crippen molar-refractivity contribution in [2.45, 2.75) is 45.4 Å². The second kappa shape index (κ2) is 6.87. The van der Waals surface area contributed by atoms with Crippen LogP contribution in [0.4, 0.5) is 4.39 Å². The molecule has 11 heavy (non-hydrogen) atoms. The van der Waals surface area contributed by atoms with Crippen LogP contribution in [0.2, 0.25) is 5.82 Å². The van der Waals surface area contributed by atoms with Crippen LogP contribution >= 0.6 is 0 Å². The van der Waals surface area contributed by atoms with Gasteiger partial charge in [0.05, 0.1) is 0 Å². The van der Waals surface area contributed by atoms with Crippen LogP contribution in [-0.2, 0) is 0 Å². The van der Waals surface area contributed by atoms with Gasteiger partial charge < -0.3 is 0 Å². The molecule has 2 heteroatoms. The van der Waals surface area contributed by atoms with E-state index in [0.29, 0.717) is 21.4 Å². The predicted molar refractivity (Wildman–Crippen MR) is 49.6 cm³/mol. The van der Waals surface area contributed by atoms with Crippen LogP contribution in [-0.4, -0.2) is 15.0 Å². The van der Waals surface area contributed by atoms with E-state index < -0.39 is 0 Å². The third kappa shape index (κ3) is 4.60. The average molecular weight is 223 g/mol. The van der Waals surface area contributed by atoms with Gasteiger partial charge in [0.1, 0.15) is 0 Å². The van der Waals surface area contributed by atoms with Crippen LogP contribution in [0, 0.1) is 0 Å². The Kier molecular flexibility index (Phi) is 6.99. The van der Waals surface area contributed by atoms with Gasteiger partial charge in [-0.1, -0.05) is 0 Å². The van der Waals surface area contributed by atoms with Gasteiger partial charge in [0.25, 0.3) is 0 Å². The van der Waals surface area contributed by atoms with Gasteiger partial charge in [-0.25, -0.2) is 0 Å². The first kappa shape index (κ1) is 11.2. The first-order valence-electron chi connectivity index (χ1n) is 4.17. The first-order valence-corrected chi connectivity index (χ1v) is 6.74. The minimum atomic E-state index is 0.164. The Hall–Kier alpha value is 0.189. The number of hydrogen-bond donors (Lipinski definition) is 0. The van der Waals surface area contributed by atoms with E-state index in [0.717, 1.165) is 23.7 Å². The molecule has 0 heterocycles. The molecule has 0 N–H and O–H groups in total. The third-order valence-corrected chi connectivity index (χ3v) is 3.42. The summed E-state index contributed by atoms with van der Waals surface area (Å²) in [4.78, 5) is 0. The van der Waals surface area contributed by atoms with Gasteiger partial charge in [-0.3, -0.25) is 0 Å². The van der Waals surface area contributed by atoms with Gasteiger partial charge in [0.2, 0.25) is 0 Å². The van der Waals surface area contributed by atoms with Gasteiger partial charge in [-0.2, -0.15) is 0 Å². The zero-order valence-corrected chi connectivity index (χ0v) is 9.33. The van der Waals surface area contributed by atoms with Gasteiger partial charge in [-0.05, 0) is 0 Å². The molecular formula is C9H17FSe. The molecular weight excluding hydrogens is 206 g/mol. The summed E-state index contributed by atoms with van der Waals surface area (Å²) in [5.41, 5.74) is 0. The van der Waals surface area contributed by atoms with Gasteiger partial charge in [0.15, 0.2) is 0 Å². The van der Waals surface area contributed by atoms with Gasteiger partial charge >= 0.3 is 75.0 Å². The quantitative estimate of drug-likeness (QED) is 0.625. The van der Waals surface area contributed by atoms with Gasteiger partial charge in [-0.15, -0.1) is 0 Å². The van der Waals surface area contributed by atoms with Crippen LogP contribution in [0.5, 0.6) is 0 Å². The Morgan fingerprint density at radius 3 is 2.09 bits per heavy atom. The van der Waals surface area contributed by atoms with Crippen molar-refractivity contribution in [3.63, 3.8) is 0 Å². The Morgan fingerprint density at radius 1 is 1.18 bits per heavy atom. The zero-order valence-electron chi connectivity index (χ0n) is 7.61. The van der Waals surface area contributed by atoms with Crippen molar-refractivity contribution in [3.8, 4) is 0 Å². The molecule has 0 aromatic heterocycles. The molecule has 0 rings (SSSR count). The fourth-order valence-electron chi connectivity index (χ4n) is 0.934. The number of allylic oxidation sites excluding steroid dienone is 2. The summed E-state index contributed by atoms with van der Waals surface area (Å²) < 4.78 is 14.2. The summed E-state index contributed by atoms with van der Waals surface area (Å²) in [6, 6.07) is 0. The Bertz CT molecular complexity index is 130. The first-order chi connectivity index (χ1) is 5.26. The van der Waals surface area contributed by atoms with Crippen molar-refractivity contribution in [2.24, 2.45) is 0 Å². The summed E-state index contributed by atoms with van der Waals surface area (Å²) in [5, 5.41) is 0. The van der Waals surface area contributed by atoms with Crippen molar-refractivity contribution < 1.29 is 4.39 Å². The zero-order chi connectivity index (χ0) is 8.69.